The normalized spacial score (nSPS) is 15.2. The van der Waals surface area contributed by atoms with Crippen LogP contribution < -0.4 is 0 Å². The number of hydrogen-bond donors (Lipinski definition) is 0. The van der Waals surface area contributed by atoms with Crippen LogP contribution in [0, 0.1) is 0 Å². The predicted octanol–water partition coefficient (Wildman–Crippen LogP) is 2.79. The highest BCUT2D eigenvalue weighted by molar-refractivity contribution is 5.95. The summed E-state index contributed by atoms with van der Waals surface area (Å²) in [4.78, 5) is 16.9. The van der Waals surface area contributed by atoms with Gasteiger partial charge in [0.15, 0.2) is 0 Å². The van der Waals surface area contributed by atoms with E-state index in [1.54, 1.807) is 0 Å². The molecule has 0 saturated carbocycles. The number of hydrogen-bond acceptors (Lipinski definition) is 5. The van der Waals surface area contributed by atoms with Gasteiger partial charge >= 0.3 is 0 Å². The SMILES string of the molecule is CN1CCN(C(=O)c2cccc(-c3nnc(-c4ccccc4)o3)c2)CC1. The molecule has 2 aromatic carbocycles. The number of aromatic nitrogens is 2. The third kappa shape index (κ3) is 3.36. The zero-order chi connectivity index (χ0) is 17.9. The average Bonchev–Trinajstić information content (AvgIpc) is 3.19. The molecule has 2 heterocycles. The van der Waals surface area contributed by atoms with Gasteiger partial charge in [0.1, 0.15) is 0 Å². The first kappa shape index (κ1) is 16.5. The van der Waals surface area contributed by atoms with Crippen LogP contribution in [0.1, 0.15) is 10.4 Å². The van der Waals surface area contributed by atoms with Gasteiger partial charge in [-0.15, -0.1) is 10.2 Å². The molecule has 1 aromatic heterocycles. The number of nitrogens with zero attached hydrogens (tertiary/aromatic N) is 4. The van der Waals surface area contributed by atoms with Crippen molar-refractivity contribution in [1.29, 1.82) is 0 Å². The van der Waals surface area contributed by atoms with Crippen LogP contribution in [0.5, 0.6) is 0 Å². The Morgan fingerprint density at radius 3 is 2.27 bits per heavy atom. The lowest BCUT2D eigenvalue weighted by Gasteiger charge is -2.32. The Morgan fingerprint density at radius 2 is 1.54 bits per heavy atom. The molecular formula is C20H20N4O2. The summed E-state index contributed by atoms with van der Waals surface area (Å²) in [5.74, 6) is 0.927. The molecule has 1 amide bonds. The minimum atomic E-state index is 0.0442. The molecule has 0 spiro atoms. The fourth-order valence-corrected chi connectivity index (χ4v) is 3.01. The molecule has 0 N–H and O–H groups in total. The number of rotatable bonds is 3. The van der Waals surface area contributed by atoms with Crippen molar-refractivity contribution >= 4 is 5.91 Å². The molecule has 0 atom stereocenters. The summed E-state index contributed by atoms with van der Waals surface area (Å²) in [7, 11) is 2.07. The first-order valence-electron chi connectivity index (χ1n) is 8.68. The van der Waals surface area contributed by atoms with Gasteiger partial charge in [0.2, 0.25) is 11.8 Å². The molecule has 132 valence electrons. The van der Waals surface area contributed by atoms with Crippen LogP contribution in [-0.4, -0.2) is 59.1 Å². The Bertz CT molecular complexity index is 899. The summed E-state index contributed by atoms with van der Waals surface area (Å²) < 4.78 is 5.80. The molecule has 4 rings (SSSR count). The number of amides is 1. The quantitative estimate of drug-likeness (QED) is 0.728. The third-order valence-electron chi connectivity index (χ3n) is 4.59. The van der Waals surface area contributed by atoms with Crippen molar-refractivity contribution in [2.45, 2.75) is 0 Å². The van der Waals surface area contributed by atoms with E-state index < -0.39 is 0 Å². The van der Waals surface area contributed by atoms with Crippen LogP contribution in [-0.2, 0) is 0 Å². The molecule has 0 bridgehead atoms. The molecule has 1 fully saturated rings. The first-order valence-corrected chi connectivity index (χ1v) is 8.68. The molecule has 6 nitrogen and oxygen atoms in total. The van der Waals surface area contributed by atoms with E-state index in [2.05, 4.69) is 22.1 Å². The molecule has 0 radical (unpaired) electrons. The lowest BCUT2D eigenvalue weighted by atomic mass is 10.1. The van der Waals surface area contributed by atoms with Crippen molar-refractivity contribution in [2.75, 3.05) is 33.2 Å². The standard InChI is InChI=1S/C20H20N4O2/c1-23-10-12-24(13-11-23)20(25)17-9-5-8-16(14-17)19-22-21-18(26-19)15-6-3-2-4-7-15/h2-9,14H,10-13H2,1H3. The highest BCUT2D eigenvalue weighted by Crippen LogP contribution is 2.24. The number of piperazine rings is 1. The number of carbonyl (C=O) groups is 1. The van der Waals surface area contributed by atoms with E-state index in [1.165, 1.54) is 0 Å². The molecule has 0 unspecified atom stereocenters. The second kappa shape index (κ2) is 7.09. The van der Waals surface area contributed by atoms with E-state index in [0.717, 1.165) is 37.3 Å². The molecular weight excluding hydrogens is 328 g/mol. The van der Waals surface area contributed by atoms with Gasteiger partial charge in [-0.1, -0.05) is 24.3 Å². The Morgan fingerprint density at radius 1 is 0.885 bits per heavy atom. The molecule has 6 heteroatoms. The smallest absolute Gasteiger partial charge is 0.253 e. The molecule has 1 aliphatic rings. The van der Waals surface area contributed by atoms with E-state index in [1.807, 2.05) is 59.5 Å². The van der Waals surface area contributed by atoms with Crippen LogP contribution in [0.4, 0.5) is 0 Å². The summed E-state index contributed by atoms with van der Waals surface area (Å²) in [5.41, 5.74) is 2.27. The summed E-state index contributed by atoms with van der Waals surface area (Å²) in [6.45, 7) is 3.29. The Labute approximate surface area is 152 Å². The van der Waals surface area contributed by atoms with Gasteiger partial charge in [-0.25, -0.2) is 0 Å². The number of benzene rings is 2. The van der Waals surface area contributed by atoms with Crippen molar-refractivity contribution in [3.8, 4) is 22.9 Å². The molecule has 26 heavy (non-hydrogen) atoms. The van der Waals surface area contributed by atoms with E-state index >= 15 is 0 Å². The van der Waals surface area contributed by atoms with Crippen molar-refractivity contribution in [3.05, 3.63) is 60.2 Å². The molecule has 1 saturated heterocycles. The van der Waals surface area contributed by atoms with Crippen LogP contribution in [0.2, 0.25) is 0 Å². The zero-order valence-electron chi connectivity index (χ0n) is 14.6. The van der Waals surface area contributed by atoms with Crippen LogP contribution in [0.25, 0.3) is 22.9 Å². The average molecular weight is 348 g/mol. The zero-order valence-corrected chi connectivity index (χ0v) is 14.6. The second-order valence-electron chi connectivity index (χ2n) is 6.45. The number of likely N-dealkylation sites (N-methyl/N-ethyl adjacent to an activating group) is 1. The van der Waals surface area contributed by atoms with Gasteiger partial charge < -0.3 is 14.2 Å². The lowest BCUT2D eigenvalue weighted by Crippen LogP contribution is -2.47. The van der Waals surface area contributed by atoms with Gasteiger partial charge in [-0.3, -0.25) is 4.79 Å². The Kier molecular flexibility index (Phi) is 4.50. The summed E-state index contributed by atoms with van der Waals surface area (Å²) in [6.07, 6.45) is 0. The van der Waals surface area contributed by atoms with Crippen molar-refractivity contribution < 1.29 is 9.21 Å². The van der Waals surface area contributed by atoms with Gasteiger partial charge in [0.25, 0.3) is 5.91 Å². The Hall–Kier alpha value is -2.99. The van der Waals surface area contributed by atoms with Gasteiger partial charge in [-0.2, -0.15) is 0 Å². The highest BCUT2D eigenvalue weighted by Gasteiger charge is 2.21. The van der Waals surface area contributed by atoms with Crippen molar-refractivity contribution in [2.24, 2.45) is 0 Å². The maximum Gasteiger partial charge on any atom is 0.253 e. The monoisotopic (exact) mass is 348 g/mol. The summed E-state index contributed by atoms with van der Waals surface area (Å²) in [6, 6.07) is 17.0. The summed E-state index contributed by atoms with van der Waals surface area (Å²) in [5, 5.41) is 8.26. The first-order chi connectivity index (χ1) is 12.7. The largest absolute Gasteiger partial charge is 0.416 e. The Balaban J connectivity index is 1.56. The van der Waals surface area contributed by atoms with E-state index in [-0.39, 0.29) is 5.91 Å². The van der Waals surface area contributed by atoms with Gasteiger partial charge in [0, 0.05) is 42.9 Å². The number of carbonyl (C=O) groups excluding carboxylic acids is 1. The van der Waals surface area contributed by atoms with Gasteiger partial charge in [-0.05, 0) is 37.4 Å². The minimum absolute atomic E-state index is 0.0442. The maximum atomic E-state index is 12.8. The minimum Gasteiger partial charge on any atom is -0.416 e. The van der Waals surface area contributed by atoms with Crippen LogP contribution >= 0.6 is 0 Å². The van der Waals surface area contributed by atoms with Gasteiger partial charge in [0.05, 0.1) is 0 Å². The second-order valence-corrected chi connectivity index (χ2v) is 6.45. The lowest BCUT2D eigenvalue weighted by molar-refractivity contribution is 0.0664. The maximum absolute atomic E-state index is 12.8. The van der Waals surface area contributed by atoms with Crippen LogP contribution in [0.15, 0.2) is 59.0 Å². The van der Waals surface area contributed by atoms with Crippen molar-refractivity contribution in [1.82, 2.24) is 20.0 Å². The van der Waals surface area contributed by atoms with E-state index in [9.17, 15) is 4.79 Å². The topological polar surface area (TPSA) is 62.5 Å². The molecule has 3 aromatic rings. The fraction of sp³-hybridized carbons (Fsp3) is 0.250. The molecule has 1 aliphatic heterocycles. The van der Waals surface area contributed by atoms with Crippen molar-refractivity contribution in [3.63, 3.8) is 0 Å². The fourth-order valence-electron chi connectivity index (χ4n) is 3.01. The van der Waals surface area contributed by atoms with Crippen LogP contribution in [0.3, 0.4) is 0 Å². The highest BCUT2D eigenvalue weighted by atomic mass is 16.4. The van der Waals surface area contributed by atoms with E-state index in [4.69, 9.17) is 4.42 Å². The summed E-state index contributed by atoms with van der Waals surface area (Å²) >= 11 is 0. The van der Waals surface area contributed by atoms with E-state index in [0.29, 0.717) is 17.3 Å². The predicted molar refractivity (Wildman–Crippen MR) is 98.6 cm³/mol. The molecule has 0 aliphatic carbocycles. The third-order valence-corrected chi connectivity index (χ3v) is 4.59.